The van der Waals surface area contributed by atoms with Crippen LogP contribution in [0.3, 0.4) is 0 Å². The van der Waals surface area contributed by atoms with Gasteiger partial charge in [0.1, 0.15) is 5.75 Å². The third-order valence-electron chi connectivity index (χ3n) is 3.61. The first-order chi connectivity index (χ1) is 9.83. The number of ether oxygens (including phenoxy) is 1. The summed E-state index contributed by atoms with van der Waals surface area (Å²) in [5, 5.41) is 3.38. The SMILES string of the molecule is Cn1c(C2CNc3ccccc3O2)nc2ncccc21. The Morgan fingerprint density at radius 2 is 2.15 bits per heavy atom. The van der Waals surface area contributed by atoms with E-state index in [9.17, 15) is 0 Å². The van der Waals surface area contributed by atoms with Crippen molar-refractivity contribution in [2.75, 3.05) is 11.9 Å². The molecule has 0 fully saturated rings. The van der Waals surface area contributed by atoms with Crippen LogP contribution in [0.4, 0.5) is 5.69 Å². The summed E-state index contributed by atoms with van der Waals surface area (Å²) < 4.78 is 8.10. The molecule has 4 rings (SSSR count). The van der Waals surface area contributed by atoms with Crippen LogP contribution in [0, 0.1) is 0 Å². The van der Waals surface area contributed by atoms with Gasteiger partial charge in [-0.05, 0) is 24.3 Å². The van der Waals surface area contributed by atoms with E-state index in [1.807, 2.05) is 48.0 Å². The van der Waals surface area contributed by atoms with E-state index in [1.165, 1.54) is 0 Å². The van der Waals surface area contributed by atoms with E-state index in [0.29, 0.717) is 6.54 Å². The fraction of sp³-hybridized carbons (Fsp3) is 0.200. The summed E-state index contributed by atoms with van der Waals surface area (Å²) >= 11 is 0. The summed E-state index contributed by atoms with van der Waals surface area (Å²) in [5.41, 5.74) is 2.80. The van der Waals surface area contributed by atoms with Crippen molar-refractivity contribution >= 4 is 16.9 Å². The van der Waals surface area contributed by atoms with E-state index >= 15 is 0 Å². The Hall–Kier alpha value is -2.56. The third kappa shape index (κ3) is 1.63. The Morgan fingerprint density at radius 1 is 1.25 bits per heavy atom. The molecule has 100 valence electrons. The topological polar surface area (TPSA) is 52.0 Å². The van der Waals surface area contributed by atoms with Crippen LogP contribution in [0.5, 0.6) is 5.75 Å². The van der Waals surface area contributed by atoms with E-state index in [0.717, 1.165) is 28.4 Å². The van der Waals surface area contributed by atoms with Crippen LogP contribution in [0.15, 0.2) is 42.6 Å². The average molecular weight is 266 g/mol. The van der Waals surface area contributed by atoms with Gasteiger partial charge in [-0.25, -0.2) is 9.97 Å². The smallest absolute Gasteiger partial charge is 0.178 e. The number of fused-ring (bicyclic) bond motifs is 2. The van der Waals surface area contributed by atoms with Gasteiger partial charge in [0.25, 0.3) is 0 Å². The zero-order valence-electron chi connectivity index (χ0n) is 11.1. The molecule has 1 aliphatic rings. The first kappa shape index (κ1) is 11.3. The third-order valence-corrected chi connectivity index (χ3v) is 3.61. The highest BCUT2D eigenvalue weighted by molar-refractivity contribution is 5.71. The van der Waals surface area contributed by atoms with Crippen molar-refractivity contribution in [3.8, 4) is 5.75 Å². The molecule has 1 atom stereocenters. The minimum Gasteiger partial charge on any atom is -0.478 e. The lowest BCUT2D eigenvalue weighted by Crippen LogP contribution is -2.25. The maximum atomic E-state index is 6.05. The van der Waals surface area contributed by atoms with Gasteiger partial charge in [0.05, 0.1) is 17.7 Å². The highest BCUT2D eigenvalue weighted by Gasteiger charge is 2.25. The number of rotatable bonds is 1. The molecule has 0 amide bonds. The fourth-order valence-corrected chi connectivity index (χ4v) is 2.59. The van der Waals surface area contributed by atoms with Gasteiger partial charge in [-0.2, -0.15) is 0 Å². The number of anilines is 1. The predicted molar refractivity (Wildman–Crippen MR) is 76.8 cm³/mol. The van der Waals surface area contributed by atoms with Crippen molar-refractivity contribution in [3.05, 3.63) is 48.4 Å². The number of aryl methyl sites for hydroxylation is 1. The number of benzene rings is 1. The number of imidazole rings is 1. The second kappa shape index (κ2) is 4.23. The summed E-state index contributed by atoms with van der Waals surface area (Å²) in [7, 11) is 2.00. The molecule has 20 heavy (non-hydrogen) atoms. The highest BCUT2D eigenvalue weighted by Crippen LogP contribution is 2.33. The number of pyridine rings is 1. The quantitative estimate of drug-likeness (QED) is 0.735. The summed E-state index contributed by atoms with van der Waals surface area (Å²) in [6, 6.07) is 11.9. The molecule has 0 aliphatic carbocycles. The Morgan fingerprint density at radius 3 is 3.05 bits per heavy atom. The predicted octanol–water partition coefficient (Wildman–Crippen LogP) is 2.51. The van der Waals surface area contributed by atoms with Gasteiger partial charge in [-0.3, -0.25) is 0 Å². The van der Waals surface area contributed by atoms with Crippen LogP contribution >= 0.6 is 0 Å². The molecule has 3 aromatic rings. The van der Waals surface area contributed by atoms with Crippen LogP contribution in [0.25, 0.3) is 11.2 Å². The zero-order valence-corrected chi connectivity index (χ0v) is 11.1. The summed E-state index contributed by atoms with van der Waals surface area (Å²) in [6.07, 6.45) is 1.65. The Labute approximate surface area is 116 Å². The van der Waals surface area contributed by atoms with Gasteiger partial charge in [-0.15, -0.1) is 0 Å². The van der Waals surface area contributed by atoms with Crippen LogP contribution in [0.2, 0.25) is 0 Å². The highest BCUT2D eigenvalue weighted by atomic mass is 16.5. The molecule has 0 saturated heterocycles. The largest absolute Gasteiger partial charge is 0.478 e. The fourth-order valence-electron chi connectivity index (χ4n) is 2.59. The van der Waals surface area contributed by atoms with Crippen molar-refractivity contribution in [3.63, 3.8) is 0 Å². The molecule has 5 nitrogen and oxygen atoms in total. The number of hydrogen-bond donors (Lipinski definition) is 1. The zero-order chi connectivity index (χ0) is 13.5. The minimum absolute atomic E-state index is 0.107. The van der Waals surface area contributed by atoms with Crippen molar-refractivity contribution in [2.45, 2.75) is 6.10 Å². The molecule has 1 aliphatic heterocycles. The Balaban J connectivity index is 1.76. The van der Waals surface area contributed by atoms with Crippen molar-refractivity contribution in [1.82, 2.24) is 14.5 Å². The van der Waals surface area contributed by atoms with Gasteiger partial charge >= 0.3 is 0 Å². The average Bonchev–Trinajstić information content (AvgIpc) is 2.84. The van der Waals surface area contributed by atoms with Crippen molar-refractivity contribution < 1.29 is 4.74 Å². The first-order valence-corrected chi connectivity index (χ1v) is 6.60. The summed E-state index contributed by atoms with van der Waals surface area (Å²) in [6.45, 7) is 0.703. The van der Waals surface area contributed by atoms with E-state index in [1.54, 1.807) is 6.20 Å². The number of para-hydroxylation sites is 2. The van der Waals surface area contributed by atoms with Gasteiger partial charge in [0.2, 0.25) is 0 Å². The molecule has 0 radical (unpaired) electrons. The van der Waals surface area contributed by atoms with Crippen LogP contribution < -0.4 is 10.1 Å². The lowest BCUT2D eigenvalue weighted by Gasteiger charge is -2.26. The minimum atomic E-state index is -0.107. The number of nitrogens with one attached hydrogen (secondary N) is 1. The van der Waals surface area contributed by atoms with Gasteiger partial charge in [-0.1, -0.05) is 12.1 Å². The molecule has 0 saturated carbocycles. The van der Waals surface area contributed by atoms with E-state index < -0.39 is 0 Å². The molecule has 1 unspecified atom stereocenters. The summed E-state index contributed by atoms with van der Waals surface area (Å²) in [4.78, 5) is 8.89. The van der Waals surface area contributed by atoms with Gasteiger partial charge in [0, 0.05) is 13.2 Å². The van der Waals surface area contributed by atoms with E-state index in [4.69, 9.17) is 4.74 Å². The van der Waals surface area contributed by atoms with Gasteiger partial charge < -0.3 is 14.6 Å². The van der Waals surface area contributed by atoms with Gasteiger partial charge in [0.15, 0.2) is 17.6 Å². The van der Waals surface area contributed by atoms with E-state index in [-0.39, 0.29) is 6.10 Å². The second-order valence-corrected chi connectivity index (χ2v) is 4.86. The number of nitrogens with zero attached hydrogens (tertiary/aromatic N) is 3. The molecule has 5 heteroatoms. The lowest BCUT2D eigenvalue weighted by atomic mass is 10.2. The molecular weight excluding hydrogens is 252 g/mol. The van der Waals surface area contributed by atoms with E-state index in [2.05, 4.69) is 15.3 Å². The summed E-state index contributed by atoms with van der Waals surface area (Å²) in [5.74, 6) is 1.75. The van der Waals surface area contributed by atoms with Crippen molar-refractivity contribution in [2.24, 2.45) is 7.05 Å². The molecule has 2 aromatic heterocycles. The Bertz CT molecular complexity index is 780. The maximum absolute atomic E-state index is 6.05. The second-order valence-electron chi connectivity index (χ2n) is 4.86. The van der Waals surface area contributed by atoms with Crippen LogP contribution in [-0.2, 0) is 7.05 Å². The monoisotopic (exact) mass is 266 g/mol. The van der Waals surface area contributed by atoms with Crippen LogP contribution in [0.1, 0.15) is 11.9 Å². The van der Waals surface area contributed by atoms with Crippen LogP contribution in [-0.4, -0.2) is 21.1 Å². The molecule has 1 N–H and O–H groups in total. The normalized spacial score (nSPS) is 17.4. The Kier molecular flexibility index (Phi) is 2.39. The molecule has 0 bridgehead atoms. The lowest BCUT2D eigenvalue weighted by molar-refractivity contribution is 0.197. The standard InChI is InChI=1S/C15H14N4O/c1-19-11-6-4-8-16-14(11)18-15(19)13-9-17-10-5-2-3-7-12(10)20-13/h2-8,13,17H,9H2,1H3. The molecule has 1 aromatic carbocycles. The molecule has 0 spiro atoms. The maximum Gasteiger partial charge on any atom is 0.178 e. The number of hydrogen-bond acceptors (Lipinski definition) is 4. The first-order valence-electron chi connectivity index (χ1n) is 6.60. The number of aromatic nitrogens is 3. The molecule has 3 heterocycles. The molecular formula is C15H14N4O. The van der Waals surface area contributed by atoms with Crippen molar-refractivity contribution in [1.29, 1.82) is 0 Å².